The zero-order valence-electron chi connectivity index (χ0n) is 21.5. The molecule has 0 fully saturated rings. The van der Waals surface area contributed by atoms with Crippen molar-refractivity contribution >= 4 is 32.9 Å². The van der Waals surface area contributed by atoms with Crippen LogP contribution in [-0.4, -0.2) is 62.3 Å². The highest BCUT2D eigenvalue weighted by molar-refractivity contribution is 7.92. The maximum Gasteiger partial charge on any atom is 0.254 e. The lowest BCUT2D eigenvalue weighted by Crippen LogP contribution is -2.32. The average Bonchev–Trinajstić information content (AvgIpc) is 3.27. The molecule has 198 valence electrons. The Morgan fingerprint density at radius 3 is 2.27 bits per heavy atom. The summed E-state index contributed by atoms with van der Waals surface area (Å²) >= 11 is 1.29. The monoisotopic (exact) mass is 544 g/mol. The molecular formula is C27H32N2O6S2. The van der Waals surface area contributed by atoms with Crippen LogP contribution in [0.15, 0.2) is 48.5 Å². The second-order valence-electron chi connectivity index (χ2n) is 8.53. The van der Waals surface area contributed by atoms with Crippen LogP contribution in [0.25, 0.3) is 0 Å². The predicted octanol–water partition coefficient (Wildman–Crippen LogP) is 4.36. The van der Waals surface area contributed by atoms with Crippen molar-refractivity contribution in [3.63, 3.8) is 0 Å². The molecule has 0 N–H and O–H groups in total. The number of ether oxygens (including phenoxy) is 2. The summed E-state index contributed by atoms with van der Waals surface area (Å²) in [5.74, 6) is -0.427. The number of Topliss-reactive ketones (excluding diaryl/α,β-unsaturated/α-hetero) is 1. The van der Waals surface area contributed by atoms with Gasteiger partial charge in [0.2, 0.25) is 0 Å². The van der Waals surface area contributed by atoms with E-state index in [2.05, 4.69) is 4.98 Å². The van der Waals surface area contributed by atoms with E-state index in [0.29, 0.717) is 33.5 Å². The standard InChI is InChI=1S/C27H32N2O6S2/c1-5-37(32,33)18-24(30)26-19(2)36-25(28-26)17-29(13-9-12-20-10-7-6-8-11-20)27(31)21-14-22(34-3)16-23(15-21)35-4/h6-8,10-11,14-16H,5,9,12-13,17-18H2,1-4H3. The van der Waals surface area contributed by atoms with Gasteiger partial charge in [0.25, 0.3) is 5.91 Å². The van der Waals surface area contributed by atoms with E-state index in [1.165, 1.54) is 38.0 Å². The highest BCUT2D eigenvalue weighted by Crippen LogP contribution is 2.25. The topological polar surface area (TPSA) is 103 Å². The molecular weight excluding hydrogens is 512 g/mol. The van der Waals surface area contributed by atoms with E-state index >= 15 is 0 Å². The maximum atomic E-state index is 13.6. The van der Waals surface area contributed by atoms with E-state index in [0.717, 1.165) is 12.8 Å². The molecule has 2 aromatic carbocycles. The number of hydrogen-bond acceptors (Lipinski definition) is 8. The SMILES string of the molecule is CCS(=O)(=O)CC(=O)c1nc(CN(CCCc2ccccc2)C(=O)c2cc(OC)cc(OC)c2)sc1C. The van der Waals surface area contributed by atoms with Crippen molar-refractivity contribution in [1.29, 1.82) is 0 Å². The van der Waals surface area contributed by atoms with Crippen LogP contribution in [-0.2, 0) is 22.8 Å². The number of aromatic nitrogens is 1. The number of nitrogens with zero attached hydrogens (tertiary/aromatic N) is 2. The molecule has 1 amide bonds. The van der Waals surface area contributed by atoms with Gasteiger partial charge in [0.1, 0.15) is 28.0 Å². The first-order valence-corrected chi connectivity index (χ1v) is 14.6. The van der Waals surface area contributed by atoms with Gasteiger partial charge < -0.3 is 14.4 Å². The molecule has 0 radical (unpaired) electrons. The minimum atomic E-state index is -3.47. The van der Waals surface area contributed by atoms with Gasteiger partial charge in [-0.25, -0.2) is 13.4 Å². The molecule has 0 spiro atoms. The minimum absolute atomic E-state index is 0.109. The second kappa shape index (κ2) is 12.8. The fourth-order valence-corrected chi connectivity index (χ4v) is 5.50. The van der Waals surface area contributed by atoms with E-state index in [1.807, 2.05) is 30.3 Å². The number of benzene rings is 2. The van der Waals surface area contributed by atoms with Crippen molar-refractivity contribution in [2.24, 2.45) is 0 Å². The number of hydrogen-bond donors (Lipinski definition) is 0. The zero-order valence-corrected chi connectivity index (χ0v) is 23.2. The predicted molar refractivity (Wildman–Crippen MR) is 145 cm³/mol. The van der Waals surface area contributed by atoms with E-state index in [1.54, 1.807) is 30.0 Å². The van der Waals surface area contributed by atoms with Crippen molar-refractivity contribution in [1.82, 2.24) is 9.88 Å². The molecule has 0 unspecified atom stereocenters. The fraction of sp³-hybridized carbons (Fsp3) is 0.370. The molecule has 0 aliphatic rings. The van der Waals surface area contributed by atoms with Gasteiger partial charge in [0, 0.05) is 28.8 Å². The molecule has 0 atom stereocenters. The second-order valence-corrected chi connectivity index (χ2v) is 12.2. The maximum absolute atomic E-state index is 13.6. The van der Waals surface area contributed by atoms with Crippen molar-refractivity contribution < 1.29 is 27.5 Å². The summed E-state index contributed by atoms with van der Waals surface area (Å²) in [4.78, 5) is 33.0. The number of carbonyl (C=O) groups is 2. The van der Waals surface area contributed by atoms with Gasteiger partial charge in [-0.05, 0) is 37.5 Å². The van der Waals surface area contributed by atoms with Crippen LogP contribution >= 0.6 is 11.3 Å². The van der Waals surface area contributed by atoms with Crippen molar-refractivity contribution in [2.75, 3.05) is 32.3 Å². The number of amides is 1. The fourth-order valence-electron chi connectivity index (χ4n) is 3.80. The van der Waals surface area contributed by atoms with E-state index in [9.17, 15) is 18.0 Å². The molecule has 8 nitrogen and oxygen atoms in total. The molecule has 0 aliphatic heterocycles. The molecule has 1 heterocycles. The number of rotatable bonds is 13. The number of thiazole rings is 1. The molecule has 3 rings (SSSR count). The van der Waals surface area contributed by atoms with E-state index < -0.39 is 21.4 Å². The lowest BCUT2D eigenvalue weighted by Gasteiger charge is -2.22. The van der Waals surface area contributed by atoms with Crippen LogP contribution in [0.5, 0.6) is 11.5 Å². The Hall–Kier alpha value is -3.24. The molecule has 0 aliphatic carbocycles. The number of ketones is 1. The van der Waals surface area contributed by atoms with Gasteiger partial charge in [-0.2, -0.15) is 0 Å². The average molecular weight is 545 g/mol. The van der Waals surface area contributed by atoms with Gasteiger partial charge >= 0.3 is 0 Å². The third-order valence-corrected chi connectivity index (χ3v) is 8.38. The molecule has 3 aromatic rings. The Morgan fingerprint density at radius 2 is 1.68 bits per heavy atom. The summed E-state index contributed by atoms with van der Waals surface area (Å²) in [6, 6.07) is 15.0. The van der Waals surface area contributed by atoms with Crippen LogP contribution < -0.4 is 9.47 Å². The molecule has 1 aromatic heterocycles. The third-order valence-electron chi connectivity index (χ3n) is 5.84. The summed E-state index contributed by atoms with van der Waals surface area (Å²) in [5.41, 5.74) is 1.74. The van der Waals surface area contributed by atoms with Crippen LogP contribution in [0.1, 0.15) is 49.6 Å². The van der Waals surface area contributed by atoms with E-state index in [-0.39, 0.29) is 23.9 Å². The number of sulfone groups is 1. The quantitative estimate of drug-likeness (QED) is 0.295. The van der Waals surface area contributed by atoms with Gasteiger partial charge in [-0.15, -0.1) is 11.3 Å². The lowest BCUT2D eigenvalue weighted by molar-refractivity contribution is 0.0740. The normalized spacial score (nSPS) is 11.2. The Balaban J connectivity index is 1.85. The molecule has 0 saturated heterocycles. The Kier molecular flexibility index (Phi) is 9.82. The van der Waals surface area contributed by atoms with Gasteiger partial charge in [0.15, 0.2) is 15.6 Å². The number of aryl methyl sites for hydroxylation is 2. The first-order valence-electron chi connectivity index (χ1n) is 11.9. The number of methoxy groups -OCH3 is 2. The molecule has 10 heteroatoms. The highest BCUT2D eigenvalue weighted by atomic mass is 32.2. The zero-order chi connectivity index (χ0) is 27.0. The molecule has 0 bridgehead atoms. The first-order chi connectivity index (χ1) is 17.7. The van der Waals surface area contributed by atoms with Gasteiger partial charge in [-0.3, -0.25) is 9.59 Å². The summed E-state index contributed by atoms with van der Waals surface area (Å²) in [6.45, 7) is 3.89. The largest absolute Gasteiger partial charge is 0.497 e. The number of carbonyl (C=O) groups excluding carboxylic acids is 2. The van der Waals surface area contributed by atoms with E-state index in [4.69, 9.17) is 9.47 Å². The third kappa shape index (κ3) is 7.87. The molecule has 0 saturated carbocycles. The van der Waals surface area contributed by atoms with Gasteiger partial charge in [0.05, 0.1) is 20.8 Å². The van der Waals surface area contributed by atoms with Crippen LogP contribution in [0.2, 0.25) is 0 Å². The summed E-state index contributed by atoms with van der Waals surface area (Å²) < 4.78 is 34.6. The smallest absolute Gasteiger partial charge is 0.254 e. The van der Waals surface area contributed by atoms with Crippen LogP contribution in [0.3, 0.4) is 0 Å². The van der Waals surface area contributed by atoms with Crippen LogP contribution in [0, 0.1) is 6.92 Å². The van der Waals surface area contributed by atoms with Crippen molar-refractivity contribution in [3.05, 3.63) is 75.2 Å². The first kappa shape index (κ1) is 28.3. The Labute approximate surface area is 222 Å². The van der Waals surface area contributed by atoms with Crippen LogP contribution in [0.4, 0.5) is 0 Å². The lowest BCUT2D eigenvalue weighted by atomic mass is 10.1. The van der Waals surface area contributed by atoms with Gasteiger partial charge in [-0.1, -0.05) is 37.3 Å². The van der Waals surface area contributed by atoms with Crippen molar-refractivity contribution in [2.45, 2.75) is 33.2 Å². The summed E-state index contributed by atoms with van der Waals surface area (Å²) in [6.07, 6.45) is 1.52. The summed E-state index contributed by atoms with van der Waals surface area (Å²) in [5, 5.41) is 0.567. The summed E-state index contributed by atoms with van der Waals surface area (Å²) in [7, 11) is -0.424. The Bertz CT molecular complexity index is 1310. The van der Waals surface area contributed by atoms with Crippen molar-refractivity contribution in [3.8, 4) is 11.5 Å². The molecule has 37 heavy (non-hydrogen) atoms. The highest BCUT2D eigenvalue weighted by Gasteiger charge is 2.24. The Morgan fingerprint density at radius 1 is 1.03 bits per heavy atom. The minimum Gasteiger partial charge on any atom is -0.497 e.